The molecule has 0 radical (unpaired) electrons. The Labute approximate surface area is 180 Å². The van der Waals surface area contributed by atoms with E-state index in [9.17, 15) is 9.59 Å². The number of anilines is 1. The Morgan fingerprint density at radius 1 is 1.30 bits per heavy atom. The predicted molar refractivity (Wildman–Crippen MR) is 117 cm³/mol. The highest BCUT2D eigenvalue weighted by Crippen LogP contribution is 2.32. The minimum Gasteiger partial charge on any atom is -0.497 e. The predicted octanol–water partition coefficient (Wildman–Crippen LogP) is 3.95. The highest BCUT2D eigenvalue weighted by atomic mass is 32.2. The van der Waals surface area contributed by atoms with E-state index in [2.05, 4.69) is 5.32 Å². The van der Waals surface area contributed by atoms with Crippen molar-refractivity contribution in [3.8, 4) is 5.75 Å². The average molecular weight is 427 g/mol. The summed E-state index contributed by atoms with van der Waals surface area (Å²) in [5.74, 6) is 1.42. The Bertz CT molecular complexity index is 927. The molecule has 1 unspecified atom stereocenters. The normalized spacial score (nSPS) is 18.3. The molecule has 0 bridgehead atoms. The van der Waals surface area contributed by atoms with Gasteiger partial charge in [0.25, 0.3) is 5.91 Å². The fourth-order valence-corrected chi connectivity index (χ4v) is 4.72. The topological polar surface area (TPSA) is 67.9 Å². The van der Waals surface area contributed by atoms with E-state index < -0.39 is 0 Å². The zero-order valence-corrected chi connectivity index (χ0v) is 17.9. The molecule has 0 aromatic heterocycles. The minimum atomic E-state index is -0.0698. The van der Waals surface area contributed by atoms with Gasteiger partial charge in [0.2, 0.25) is 5.91 Å². The monoisotopic (exact) mass is 426 g/mol. The van der Waals surface area contributed by atoms with Crippen LogP contribution in [0.3, 0.4) is 0 Å². The van der Waals surface area contributed by atoms with Crippen LogP contribution in [-0.4, -0.2) is 48.8 Å². The molecule has 2 aliphatic heterocycles. The summed E-state index contributed by atoms with van der Waals surface area (Å²) in [6.45, 7) is 1.75. The van der Waals surface area contributed by atoms with Gasteiger partial charge in [0.05, 0.1) is 18.9 Å². The van der Waals surface area contributed by atoms with Crippen molar-refractivity contribution in [3.63, 3.8) is 0 Å². The first kappa shape index (κ1) is 20.8. The number of hydrogen-bond donors (Lipinski definition) is 1. The number of benzene rings is 2. The zero-order chi connectivity index (χ0) is 20.9. The van der Waals surface area contributed by atoms with Gasteiger partial charge in [-0.05, 0) is 48.7 Å². The maximum absolute atomic E-state index is 13.5. The quantitative estimate of drug-likeness (QED) is 0.758. The van der Waals surface area contributed by atoms with Crippen molar-refractivity contribution >= 4 is 29.3 Å². The first-order valence-electron chi connectivity index (χ1n) is 10.2. The number of ether oxygens (including phenoxy) is 2. The summed E-state index contributed by atoms with van der Waals surface area (Å²) in [6.07, 6.45) is 2.51. The molecular formula is C23H26N2O4S. The van der Waals surface area contributed by atoms with Crippen LogP contribution in [0.2, 0.25) is 0 Å². The van der Waals surface area contributed by atoms with Crippen molar-refractivity contribution in [3.05, 3.63) is 53.6 Å². The van der Waals surface area contributed by atoms with Gasteiger partial charge in [0, 0.05) is 42.3 Å². The fourth-order valence-electron chi connectivity index (χ4n) is 3.78. The van der Waals surface area contributed by atoms with Crippen LogP contribution in [-0.2, 0) is 16.1 Å². The molecule has 2 aromatic carbocycles. The summed E-state index contributed by atoms with van der Waals surface area (Å²) in [4.78, 5) is 28.2. The zero-order valence-electron chi connectivity index (χ0n) is 17.1. The molecule has 1 N–H and O–H groups in total. The van der Waals surface area contributed by atoms with Gasteiger partial charge in [-0.25, -0.2) is 0 Å². The van der Waals surface area contributed by atoms with Crippen molar-refractivity contribution in [2.45, 2.75) is 36.8 Å². The molecule has 7 heteroatoms. The number of nitrogens with zero attached hydrogens (tertiary/aromatic N) is 1. The molecule has 158 valence electrons. The number of carbonyl (C=O) groups excluding carboxylic acids is 2. The second kappa shape index (κ2) is 9.53. The van der Waals surface area contributed by atoms with E-state index in [1.807, 2.05) is 41.3 Å². The largest absolute Gasteiger partial charge is 0.497 e. The lowest BCUT2D eigenvalue weighted by Crippen LogP contribution is -2.37. The van der Waals surface area contributed by atoms with E-state index in [4.69, 9.17) is 9.47 Å². The molecule has 2 aliphatic rings. The number of methoxy groups -OCH3 is 1. The maximum Gasteiger partial charge on any atom is 0.254 e. The summed E-state index contributed by atoms with van der Waals surface area (Å²) in [5.41, 5.74) is 2.28. The molecule has 1 saturated heterocycles. The molecular weight excluding hydrogens is 400 g/mol. The first-order chi connectivity index (χ1) is 14.6. The average Bonchev–Trinajstić information content (AvgIpc) is 3.19. The van der Waals surface area contributed by atoms with Gasteiger partial charge in [-0.2, -0.15) is 0 Å². The second-order valence-corrected chi connectivity index (χ2v) is 8.67. The Kier molecular flexibility index (Phi) is 6.59. The Hall–Kier alpha value is -2.51. The summed E-state index contributed by atoms with van der Waals surface area (Å²) >= 11 is 1.63. The lowest BCUT2D eigenvalue weighted by Gasteiger charge is -2.26. The number of hydrogen-bond acceptors (Lipinski definition) is 5. The number of nitrogens with one attached hydrogen (secondary N) is 1. The third-order valence-corrected chi connectivity index (χ3v) is 6.41. The molecule has 1 atom stereocenters. The number of rotatable bonds is 6. The van der Waals surface area contributed by atoms with Gasteiger partial charge >= 0.3 is 0 Å². The smallest absolute Gasteiger partial charge is 0.254 e. The van der Waals surface area contributed by atoms with Gasteiger partial charge < -0.3 is 19.7 Å². The third-order valence-electron chi connectivity index (χ3n) is 5.33. The van der Waals surface area contributed by atoms with E-state index in [1.54, 1.807) is 24.9 Å². The summed E-state index contributed by atoms with van der Waals surface area (Å²) in [5, 5.41) is 2.92. The van der Waals surface area contributed by atoms with Crippen LogP contribution in [0, 0.1) is 0 Å². The SMILES string of the molecule is COc1cccc(CN(CC2CCCO2)C(=O)c2ccc3c(c2)NC(=O)CCS3)c1. The first-order valence-corrected chi connectivity index (χ1v) is 11.2. The lowest BCUT2D eigenvalue weighted by molar-refractivity contribution is -0.115. The number of carbonyl (C=O) groups is 2. The molecule has 0 saturated carbocycles. The van der Waals surface area contributed by atoms with Crippen LogP contribution in [0.15, 0.2) is 47.4 Å². The van der Waals surface area contributed by atoms with Crippen molar-refractivity contribution in [1.82, 2.24) is 4.90 Å². The van der Waals surface area contributed by atoms with E-state index in [1.165, 1.54) is 0 Å². The Balaban J connectivity index is 1.59. The fraction of sp³-hybridized carbons (Fsp3) is 0.391. The number of amides is 2. The lowest BCUT2D eigenvalue weighted by atomic mass is 10.1. The molecule has 2 amide bonds. The van der Waals surface area contributed by atoms with Crippen LogP contribution in [0.25, 0.3) is 0 Å². The van der Waals surface area contributed by atoms with Crippen LogP contribution >= 0.6 is 11.8 Å². The van der Waals surface area contributed by atoms with E-state index in [0.717, 1.165) is 41.4 Å². The van der Waals surface area contributed by atoms with Gasteiger partial charge in [0.1, 0.15) is 5.75 Å². The summed E-state index contributed by atoms with van der Waals surface area (Å²) in [7, 11) is 1.64. The number of fused-ring (bicyclic) bond motifs is 1. The standard InChI is InChI=1S/C23H26N2O4S/c1-28-18-5-2-4-16(12-18)14-25(15-19-6-3-10-29-19)23(27)17-7-8-21-20(13-17)24-22(26)9-11-30-21/h2,4-5,7-8,12-13,19H,3,6,9-11,14-15H2,1H3,(H,24,26). The molecule has 1 fully saturated rings. The molecule has 4 rings (SSSR count). The van der Waals surface area contributed by atoms with Crippen molar-refractivity contribution in [2.75, 3.05) is 31.3 Å². The highest BCUT2D eigenvalue weighted by molar-refractivity contribution is 7.99. The van der Waals surface area contributed by atoms with Crippen LogP contribution in [0.5, 0.6) is 5.75 Å². The number of thioether (sulfide) groups is 1. The minimum absolute atomic E-state index is 0.0153. The van der Waals surface area contributed by atoms with Crippen LogP contribution in [0.1, 0.15) is 35.2 Å². The van der Waals surface area contributed by atoms with Gasteiger partial charge in [-0.1, -0.05) is 12.1 Å². The third kappa shape index (κ3) is 4.96. The second-order valence-electron chi connectivity index (χ2n) is 7.53. The maximum atomic E-state index is 13.5. The van der Waals surface area contributed by atoms with E-state index in [0.29, 0.717) is 30.8 Å². The van der Waals surface area contributed by atoms with Crippen molar-refractivity contribution < 1.29 is 19.1 Å². The molecule has 2 heterocycles. The Morgan fingerprint density at radius 2 is 2.20 bits per heavy atom. The Morgan fingerprint density at radius 3 is 3.00 bits per heavy atom. The van der Waals surface area contributed by atoms with E-state index >= 15 is 0 Å². The van der Waals surface area contributed by atoms with Crippen molar-refractivity contribution in [1.29, 1.82) is 0 Å². The molecule has 0 spiro atoms. The van der Waals surface area contributed by atoms with E-state index in [-0.39, 0.29) is 17.9 Å². The van der Waals surface area contributed by atoms with Crippen LogP contribution < -0.4 is 10.1 Å². The molecule has 6 nitrogen and oxygen atoms in total. The summed E-state index contributed by atoms with van der Waals surface area (Å²) < 4.78 is 11.1. The van der Waals surface area contributed by atoms with Gasteiger partial charge in [-0.15, -0.1) is 11.8 Å². The van der Waals surface area contributed by atoms with Gasteiger partial charge in [0.15, 0.2) is 0 Å². The molecule has 30 heavy (non-hydrogen) atoms. The summed E-state index contributed by atoms with van der Waals surface area (Å²) in [6, 6.07) is 13.3. The molecule has 2 aromatic rings. The molecule has 0 aliphatic carbocycles. The van der Waals surface area contributed by atoms with Crippen molar-refractivity contribution in [2.24, 2.45) is 0 Å². The van der Waals surface area contributed by atoms with Crippen LogP contribution in [0.4, 0.5) is 5.69 Å². The highest BCUT2D eigenvalue weighted by Gasteiger charge is 2.25. The van der Waals surface area contributed by atoms with Gasteiger partial charge in [-0.3, -0.25) is 9.59 Å².